The molecule has 7 rings (SSSR count). The molecular formula is C60H86O7P2. The maximum absolute atomic E-state index is 7.21. The lowest BCUT2D eigenvalue weighted by molar-refractivity contribution is 0.149. The van der Waals surface area contributed by atoms with Gasteiger partial charge in [-0.05, 0) is 89.8 Å². The van der Waals surface area contributed by atoms with Crippen molar-refractivity contribution < 1.29 is 30.6 Å². The van der Waals surface area contributed by atoms with Crippen LogP contribution in [0.1, 0.15) is 211 Å². The third kappa shape index (κ3) is 11.1. The number of rotatable bonds is 4. The summed E-state index contributed by atoms with van der Waals surface area (Å²) in [5.74, 6) is 0. The van der Waals surface area contributed by atoms with Gasteiger partial charge in [0.05, 0.1) is 13.2 Å². The monoisotopic (exact) mass is 981 g/mol. The zero-order valence-electron chi connectivity index (χ0n) is 46.9. The fourth-order valence-corrected chi connectivity index (χ4v) is 11.5. The third-order valence-corrected chi connectivity index (χ3v) is 15.9. The molecular weight excluding hydrogens is 895 g/mol. The summed E-state index contributed by atoms with van der Waals surface area (Å²) in [5.41, 5.74) is 11.1. The normalized spacial score (nSPS) is 17.2. The van der Waals surface area contributed by atoms with Crippen molar-refractivity contribution in [2.24, 2.45) is 0 Å². The lowest BCUT2D eigenvalue weighted by Gasteiger charge is -2.27. The largest absolute Gasteiger partial charge is 0.399 e. The van der Waals surface area contributed by atoms with E-state index in [0.717, 1.165) is 66.1 Å². The zero-order chi connectivity index (χ0) is 51.6. The lowest BCUT2D eigenvalue weighted by atomic mass is 9.77. The average molecular weight is 981 g/mol. The van der Waals surface area contributed by atoms with E-state index in [2.05, 4.69) is 215 Å². The van der Waals surface area contributed by atoms with Crippen molar-refractivity contribution >= 4 is 60.4 Å². The minimum atomic E-state index is -2.03. The maximum atomic E-state index is 7.21. The molecule has 0 unspecified atom stereocenters. The van der Waals surface area contributed by atoms with E-state index in [1.165, 1.54) is 22.3 Å². The van der Waals surface area contributed by atoms with Crippen LogP contribution in [0, 0.1) is 0 Å². The summed E-state index contributed by atoms with van der Waals surface area (Å²) in [4.78, 5) is 0. The van der Waals surface area contributed by atoms with Crippen molar-refractivity contribution in [1.29, 1.82) is 0 Å². The van der Waals surface area contributed by atoms with Crippen LogP contribution in [0.3, 0.4) is 0 Å². The van der Waals surface area contributed by atoms with Crippen LogP contribution in [0.5, 0.6) is 0 Å². The van der Waals surface area contributed by atoms with Gasteiger partial charge < -0.3 is 21.5 Å². The van der Waals surface area contributed by atoms with Crippen molar-refractivity contribution in [3.8, 4) is 0 Å². The van der Waals surface area contributed by atoms with E-state index in [9.17, 15) is 0 Å². The standard InChI is InChI=1S/C60H86O7P2/c1-53(2,3)35-25-39-40-26-36(54(4,5)6)30-44(58(16,17)18)50(40)65-68(64-49(39)43(29-35)57(13,14)15)62-47-33-61-34-48(47)63-69-66-51-41(27-37(55(7,8)9)31-45(51)59(19,20)21)42-28-38(56(10,11)12)32-46(52(42)67-69)60(22,23)24/h25-32,47-48H,33-34H2,1-24H3/t47-,48-/m1/s1. The number of benzene rings is 4. The van der Waals surface area contributed by atoms with Crippen molar-refractivity contribution in [3.63, 3.8) is 0 Å². The molecule has 0 aliphatic carbocycles. The molecule has 0 N–H and O–H groups in total. The van der Waals surface area contributed by atoms with Crippen molar-refractivity contribution in [1.82, 2.24) is 0 Å². The summed E-state index contributed by atoms with van der Waals surface area (Å²) in [7, 11) is -4.06. The molecule has 378 valence electrons. The van der Waals surface area contributed by atoms with Crippen molar-refractivity contribution in [2.75, 3.05) is 13.2 Å². The highest BCUT2D eigenvalue weighted by molar-refractivity contribution is 7.32. The first-order chi connectivity index (χ1) is 31.2. The van der Waals surface area contributed by atoms with Crippen LogP contribution in [0.15, 0.2) is 65.3 Å². The van der Waals surface area contributed by atoms with Gasteiger partial charge in [-0.15, -0.1) is 0 Å². The lowest BCUT2D eigenvalue weighted by Crippen LogP contribution is -2.33. The van der Waals surface area contributed by atoms with Crippen LogP contribution in [-0.2, 0) is 48.1 Å². The van der Waals surface area contributed by atoms with Gasteiger partial charge in [0.15, 0.2) is 0 Å². The Bertz CT molecular complexity index is 2610. The second kappa shape index (κ2) is 17.7. The molecule has 69 heavy (non-hydrogen) atoms. The summed E-state index contributed by atoms with van der Waals surface area (Å²) >= 11 is 0. The van der Waals surface area contributed by atoms with E-state index in [1.54, 1.807) is 0 Å². The molecule has 6 aromatic rings. The van der Waals surface area contributed by atoms with Crippen LogP contribution < -0.4 is 9.05 Å². The van der Waals surface area contributed by atoms with E-state index in [1.807, 2.05) is 0 Å². The molecule has 9 heteroatoms. The number of hydrogen-bond donors (Lipinski definition) is 0. The van der Waals surface area contributed by atoms with Gasteiger partial charge >= 0.3 is 16.5 Å². The Morgan fingerprint density at radius 2 is 0.522 bits per heavy atom. The first-order valence-corrected chi connectivity index (χ1v) is 27.4. The van der Waals surface area contributed by atoms with Gasteiger partial charge in [-0.25, -0.2) is 0 Å². The first-order valence-electron chi connectivity index (χ1n) is 25.2. The molecule has 7 nitrogen and oxygen atoms in total. The molecule has 2 atom stereocenters. The average Bonchev–Trinajstić information content (AvgIpc) is 3.44. The van der Waals surface area contributed by atoms with Gasteiger partial charge in [-0.1, -0.05) is 190 Å². The van der Waals surface area contributed by atoms with Crippen LogP contribution in [0.2, 0.25) is 0 Å². The van der Waals surface area contributed by atoms with E-state index < -0.39 is 28.7 Å². The predicted octanol–water partition coefficient (Wildman–Crippen LogP) is 18.6. The molecule has 1 saturated heterocycles. The van der Waals surface area contributed by atoms with E-state index in [0.29, 0.717) is 13.2 Å². The summed E-state index contributed by atoms with van der Waals surface area (Å²) in [5, 5.41) is 4.10. The van der Waals surface area contributed by atoms with Crippen LogP contribution in [0.4, 0.5) is 0 Å². The molecule has 4 aromatic carbocycles. The number of hydrogen-bond acceptors (Lipinski definition) is 7. The number of fused-ring (bicyclic) bond motifs is 6. The first kappa shape index (κ1) is 53.4. The van der Waals surface area contributed by atoms with Gasteiger partial charge in [-0.2, -0.15) is 0 Å². The SMILES string of the molecule is CC(C)(C)c1cc(C(C)(C)C)c2op(O[C@@H]3COC[C@H]3Op3oc4c(C(C)(C)C)cc(C(C)(C)C)cc4c4cc(C(C)(C)C)cc(C(C)(C)C)c4o3)oc3c(C(C)(C)C)cc(C(C)(C)C)cc3c2c1. The van der Waals surface area contributed by atoms with Crippen LogP contribution in [-0.4, -0.2) is 25.4 Å². The zero-order valence-corrected chi connectivity index (χ0v) is 48.7. The van der Waals surface area contributed by atoms with E-state index in [4.69, 9.17) is 30.6 Å². The Morgan fingerprint density at radius 1 is 0.319 bits per heavy atom. The minimum absolute atomic E-state index is 0.111. The summed E-state index contributed by atoms with van der Waals surface area (Å²) in [6, 6.07) is 18.6. The quantitative estimate of drug-likeness (QED) is 0.174. The highest BCUT2D eigenvalue weighted by Crippen LogP contribution is 2.48. The molecule has 0 saturated carbocycles. The van der Waals surface area contributed by atoms with Gasteiger partial charge in [0, 0.05) is 43.8 Å². The molecule has 2 aromatic heterocycles. The summed E-state index contributed by atoms with van der Waals surface area (Å²) < 4.78 is 49.4. The molecule has 1 fully saturated rings. The maximum Gasteiger partial charge on any atom is 0.387 e. The molecule has 0 spiro atoms. The van der Waals surface area contributed by atoms with E-state index >= 15 is 0 Å². The van der Waals surface area contributed by atoms with Crippen LogP contribution >= 0.6 is 16.5 Å². The van der Waals surface area contributed by atoms with Gasteiger partial charge in [-0.3, -0.25) is 9.05 Å². The summed E-state index contributed by atoms with van der Waals surface area (Å²) in [6.07, 6.45) is -1.10. The van der Waals surface area contributed by atoms with Crippen LogP contribution in [0.25, 0.3) is 43.9 Å². The second-order valence-corrected chi connectivity index (χ2v) is 30.3. The smallest absolute Gasteiger partial charge is 0.387 e. The Kier molecular flexibility index (Phi) is 13.6. The Hall–Kier alpha value is -3.44. The van der Waals surface area contributed by atoms with Gasteiger partial charge in [0.2, 0.25) is 0 Å². The number of ether oxygens (including phenoxy) is 1. The fourth-order valence-electron chi connectivity index (χ4n) is 9.02. The fraction of sp³-hybridized carbons (Fsp3) is 0.600. The Labute approximate surface area is 417 Å². The topological polar surface area (TPSA) is 80.2 Å². The van der Waals surface area contributed by atoms with Crippen molar-refractivity contribution in [3.05, 3.63) is 93.0 Å². The van der Waals surface area contributed by atoms with E-state index in [-0.39, 0.29) is 43.3 Å². The highest BCUT2D eigenvalue weighted by atomic mass is 31.1. The highest BCUT2D eigenvalue weighted by Gasteiger charge is 2.37. The third-order valence-electron chi connectivity index (χ3n) is 13.7. The Balaban J connectivity index is 1.50. The van der Waals surface area contributed by atoms with Crippen molar-refractivity contribution in [2.45, 2.75) is 222 Å². The summed E-state index contributed by atoms with van der Waals surface area (Å²) in [6.45, 7) is 55.0. The molecule has 0 bridgehead atoms. The second-order valence-electron chi connectivity index (χ2n) is 28.2. The minimum Gasteiger partial charge on any atom is -0.399 e. The molecule has 0 amide bonds. The van der Waals surface area contributed by atoms with Gasteiger partial charge in [0.25, 0.3) is 0 Å². The molecule has 3 heterocycles. The van der Waals surface area contributed by atoms with Gasteiger partial charge in [0.1, 0.15) is 34.5 Å². The molecule has 0 radical (unpaired) electrons. The predicted molar refractivity (Wildman–Crippen MR) is 294 cm³/mol. The molecule has 1 aliphatic heterocycles. The Morgan fingerprint density at radius 3 is 0.696 bits per heavy atom. The molecule has 1 aliphatic rings.